The van der Waals surface area contributed by atoms with Gasteiger partial charge in [0.25, 0.3) is 0 Å². The van der Waals surface area contributed by atoms with E-state index in [1.165, 1.54) is 24.3 Å². The first-order valence-electron chi connectivity index (χ1n) is 5.81. The van der Waals surface area contributed by atoms with Gasteiger partial charge in [0, 0.05) is 11.8 Å². The second-order valence-corrected chi connectivity index (χ2v) is 5.57. The lowest BCUT2D eigenvalue weighted by Crippen LogP contribution is -1.96. The molecule has 3 rings (SSSR count). The van der Waals surface area contributed by atoms with E-state index in [1.54, 1.807) is 16.7 Å². The molecule has 0 radical (unpaired) electrons. The Morgan fingerprint density at radius 3 is 2.67 bits per heavy atom. The van der Waals surface area contributed by atoms with Crippen molar-refractivity contribution in [3.8, 4) is 11.8 Å². The fourth-order valence-corrected chi connectivity index (χ4v) is 2.74. The number of H-pyrrole nitrogens is 1. The van der Waals surface area contributed by atoms with Gasteiger partial charge in [-0.2, -0.15) is 5.26 Å². The van der Waals surface area contributed by atoms with Gasteiger partial charge in [-0.05, 0) is 52.4 Å². The third-order valence-corrected chi connectivity index (χ3v) is 3.95. The summed E-state index contributed by atoms with van der Waals surface area (Å²) in [5.74, 6) is -1.01. The lowest BCUT2D eigenvalue weighted by Gasteiger charge is -2.06. The van der Waals surface area contributed by atoms with E-state index >= 15 is 0 Å². The van der Waals surface area contributed by atoms with Gasteiger partial charge in [0.05, 0.1) is 21.1 Å². The van der Waals surface area contributed by atoms with Crippen molar-refractivity contribution in [3.05, 3.63) is 56.8 Å². The Morgan fingerprint density at radius 2 is 1.95 bits per heavy atom. The molecule has 7 heteroatoms. The van der Waals surface area contributed by atoms with Crippen LogP contribution < -0.4 is 0 Å². The van der Waals surface area contributed by atoms with Gasteiger partial charge in [0.2, 0.25) is 0 Å². The van der Waals surface area contributed by atoms with Gasteiger partial charge in [0.15, 0.2) is 4.77 Å². The smallest absolute Gasteiger partial charge is 0.182 e. The molecule has 0 amide bonds. The van der Waals surface area contributed by atoms with E-state index in [4.69, 9.17) is 17.5 Å². The van der Waals surface area contributed by atoms with Gasteiger partial charge in [0.1, 0.15) is 17.7 Å². The molecule has 0 bridgehead atoms. The van der Waals surface area contributed by atoms with Gasteiger partial charge in [-0.25, -0.2) is 8.78 Å². The third-order valence-electron chi connectivity index (χ3n) is 3.05. The molecule has 2 aromatic carbocycles. The van der Waals surface area contributed by atoms with E-state index in [-0.39, 0.29) is 5.56 Å². The molecule has 3 nitrogen and oxygen atoms in total. The van der Waals surface area contributed by atoms with Crippen LogP contribution in [-0.4, -0.2) is 9.55 Å². The molecule has 0 saturated heterocycles. The molecule has 0 aliphatic heterocycles. The van der Waals surface area contributed by atoms with Crippen molar-refractivity contribution >= 4 is 39.2 Å². The largest absolute Gasteiger partial charge is 0.330 e. The molecular weight excluding hydrogens is 360 g/mol. The zero-order chi connectivity index (χ0) is 15.1. The van der Waals surface area contributed by atoms with Crippen LogP contribution in [0.5, 0.6) is 0 Å². The van der Waals surface area contributed by atoms with Crippen LogP contribution >= 0.6 is 28.1 Å². The van der Waals surface area contributed by atoms with Crippen molar-refractivity contribution in [2.45, 2.75) is 0 Å². The Hall–Kier alpha value is -2.04. The van der Waals surface area contributed by atoms with Crippen molar-refractivity contribution in [1.29, 1.82) is 5.26 Å². The predicted octanol–water partition coefficient (Wildman–Crippen LogP) is 4.60. The zero-order valence-electron chi connectivity index (χ0n) is 10.3. The number of aromatic amines is 1. The SMILES string of the molecule is N#Cc1cc(-n2c(=S)[nH]c3cc(F)c(Br)cc32)ccc1F. The van der Waals surface area contributed by atoms with Gasteiger partial charge in [-0.1, -0.05) is 0 Å². The number of nitrogens with zero attached hydrogens (tertiary/aromatic N) is 2. The molecule has 1 aromatic heterocycles. The number of fused-ring (bicyclic) bond motifs is 1. The van der Waals surface area contributed by atoms with Crippen LogP contribution in [0.3, 0.4) is 0 Å². The first kappa shape index (κ1) is 13.9. The maximum Gasteiger partial charge on any atom is 0.182 e. The molecule has 1 heterocycles. The van der Waals surface area contributed by atoms with Gasteiger partial charge < -0.3 is 4.98 Å². The number of imidazole rings is 1. The Labute approximate surface area is 131 Å². The number of hydrogen-bond acceptors (Lipinski definition) is 2. The second kappa shape index (κ2) is 5.06. The maximum absolute atomic E-state index is 13.6. The molecule has 0 atom stereocenters. The minimum absolute atomic E-state index is 0.0788. The van der Waals surface area contributed by atoms with E-state index in [9.17, 15) is 8.78 Å². The van der Waals surface area contributed by atoms with Crippen molar-refractivity contribution in [2.75, 3.05) is 0 Å². The Balaban J connectivity index is 2.35. The van der Waals surface area contributed by atoms with Crippen molar-refractivity contribution in [3.63, 3.8) is 0 Å². The van der Waals surface area contributed by atoms with Crippen LogP contribution in [0.25, 0.3) is 16.7 Å². The second-order valence-electron chi connectivity index (χ2n) is 4.32. The summed E-state index contributed by atoms with van der Waals surface area (Å²) < 4.78 is 29.2. The fourth-order valence-electron chi connectivity index (χ4n) is 2.10. The highest BCUT2D eigenvalue weighted by molar-refractivity contribution is 9.10. The molecule has 1 N–H and O–H groups in total. The highest BCUT2D eigenvalue weighted by atomic mass is 79.9. The van der Waals surface area contributed by atoms with Crippen LogP contribution in [0, 0.1) is 27.7 Å². The van der Waals surface area contributed by atoms with Crippen LogP contribution in [-0.2, 0) is 0 Å². The lowest BCUT2D eigenvalue weighted by atomic mass is 10.2. The summed E-state index contributed by atoms with van der Waals surface area (Å²) >= 11 is 8.35. The number of nitriles is 1. The van der Waals surface area contributed by atoms with Gasteiger partial charge in [-0.3, -0.25) is 4.57 Å². The normalized spacial score (nSPS) is 10.8. The molecule has 0 aliphatic rings. The Bertz CT molecular complexity index is 969. The van der Waals surface area contributed by atoms with Gasteiger partial charge in [-0.15, -0.1) is 0 Å². The first-order chi connectivity index (χ1) is 10.0. The highest BCUT2D eigenvalue weighted by Gasteiger charge is 2.12. The maximum atomic E-state index is 13.6. The average molecular weight is 366 g/mol. The molecule has 21 heavy (non-hydrogen) atoms. The first-order valence-corrected chi connectivity index (χ1v) is 7.01. The van der Waals surface area contributed by atoms with E-state index in [1.807, 2.05) is 0 Å². The van der Waals surface area contributed by atoms with E-state index in [2.05, 4.69) is 20.9 Å². The average Bonchev–Trinajstić information content (AvgIpc) is 2.75. The summed E-state index contributed by atoms with van der Waals surface area (Å²) in [4.78, 5) is 2.89. The summed E-state index contributed by atoms with van der Waals surface area (Å²) in [5, 5.41) is 8.91. The predicted molar refractivity (Wildman–Crippen MR) is 80.8 cm³/mol. The van der Waals surface area contributed by atoms with E-state index in [0.717, 1.165) is 0 Å². The molecule has 104 valence electrons. The molecule has 0 saturated carbocycles. The lowest BCUT2D eigenvalue weighted by molar-refractivity contribution is 0.623. The molecule has 0 aliphatic carbocycles. The van der Waals surface area contributed by atoms with E-state index < -0.39 is 11.6 Å². The Morgan fingerprint density at radius 1 is 1.19 bits per heavy atom. The van der Waals surface area contributed by atoms with Crippen LogP contribution in [0.2, 0.25) is 0 Å². The molecule has 3 aromatic rings. The van der Waals surface area contributed by atoms with Crippen LogP contribution in [0.1, 0.15) is 5.56 Å². The minimum atomic E-state index is -0.597. The summed E-state index contributed by atoms with van der Waals surface area (Å²) in [6.45, 7) is 0. The van der Waals surface area contributed by atoms with Crippen molar-refractivity contribution in [2.24, 2.45) is 0 Å². The summed E-state index contributed by atoms with van der Waals surface area (Å²) in [6.07, 6.45) is 0. The molecule has 0 unspecified atom stereocenters. The van der Waals surface area contributed by atoms with E-state index in [0.29, 0.717) is 26.0 Å². The summed E-state index contributed by atoms with van der Waals surface area (Å²) in [5.41, 5.74) is 1.60. The van der Waals surface area contributed by atoms with Crippen molar-refractivity contribution in [1.82, 2.24) is 9.55 Å². The minimum Gasteiger partial charge on any atom is -0.330 e. The quantitative estimate of drug-likeness (QED) is 0.640. The number of aromatic nitrogens is 2. The zero-order valence-corrected chi connectivity index (χ0v) is 12.7. The van der Waals surface area contributed by atoms with Crippen molar-refractivity contribution < 1.29 is 8.78 Å². The topological polar surface area (TPSA) is 44.5 Å². The number of halogens is 3. The molecule has 0 fully saturated rings. The summed E-state index contributed by atoms with van der Waals surface area (Å²) in [6, 6.07) is 8.79. The van der Waals surface area contributed by atoms with Crippen LogP contribution in [0.4, 0.5) is 8.78 Å². The number of hydrogen-bond donors (Lipinski definition) is 1. The monoisotopic (exact) mass is 365 g/mol. The van der Waals surface area contributed by atoms with Crippen LogP contribution in [0.15, 0.2) is 34.8 Å². The number of nitrogens with one attached hydrogen (secondary N) is 1. The fraction of sp³-hybridized carbons (Fsp3) is 0. The third kappa shape index (κ3) is 2.26. The molecular formula is C14H6BrF2N3S. The summed E-state index contributed by atoms with van der Waals surface area (Å²) in [7, 11) is 0. The number of rotatable bonds is 1. The standard InChI is InChI=1S/C14H6BrF2N3S/c15-9-4-13-12(5-11(9)17)19-14(21)20(13)8-1-2-10(16)7(3-8)6-18/h1-5H,(H,19,21). The number of benzene rings is 2. The highest BCUT2D eigenvalue weighted by Crippen LogP contribution is 2.26. The Kier molecular flexibility index (Phi) is 3.35. The van der Waals surface area contributed by atoms with Gasteiger partial charge >= 0.3 is 0 Å². The molecule has 0 spiro atoms.